The summed E-state index contributed by atoms with van der Waals surface area (Å²) in [6.45, 7) is 5.63. The number of amides is 4. The highest BCUT2D eigenvalue weighted by molar-refractivity contribution is 5.92. The molecule has 1 saturated carbocycles. The molecule has 2 aliphatic rings. The largest absolute Gasteiger partial charge is 0.444 e. The van der Waals surface area contributed by atoms with E-state index in [1.807, 2.05) is 0 Å². The van der Waals surface area contributed by atoms with E-state index in [1.54, 1.807) is 20.8 Å². The van der Waals surface area contributed by atoms with Crippen molar-refractivity contribution in [2.45, 2.75) is 128 Å². The second kappa shape index (κ2) is 16.2. The predicted molar refractivity (Wildman–Crippen MR) is 152 cm³/mol. The summed E-state index contributed by atoms with van der Waals surface area (Å²) in [6.07, 6.45) is 7.85. The minimum Gasteiger partial charge on any atom is -0.444 e. The van der Waals surface area contributed by atoms with Crippen molar-refractivity contribution >= 4 is 30.1 Å². The van der Waals surface area contributed by atoms with Gasteiger partial charge in [0.15, 0.2) is 0 Å². The second-order valence-corrected chi connectivity index (χ2v) is 12.2. The molecule has 0 saturated heterocycles. The average Bonchev–Trinajstić information content (AvgIpc) is 3.39. The molecule has 3 atom stereocenters. The fraction of sp³-hybridized carbons (Fsp3) is 0.759. The van der Waals surface area contributed by atoms with Crippen molar-refractivity contribution in [2.24, 2.45) is 5.92 Å². The highest BCUT2D eigenvalue weighted by atomic mass is 16.6. The first-order valence-corrected chi connectivity index (χ1v) is 15.2. The maximum atomic E-state index is 13.6. The zero-order valence-corrected chi connectivity index (χ0v) is 25.0. The Labute approximate surface area is 247 Å². The number of alkyl carbamates (subject to hydrolysis) is 1. The lowest BCUT2D eigenvalue weighted by molar-refractivity contribution is -0.131. The normalized spacial score (nSPS) is 24.5. The summed E-state index contributed by atoms with van der Waals surface area (Å²) in [4.78, 5) is 63.8. The van der Waals surface area contributed by atoms with Crippen LogP contribution in [0.4, 0.5) is 4.79 Å². The van der Waals surface area contributed by atoms with E-state index in [4.69, 9.17) is 9.15 Å². The zero-order valence-electron chi connectivity index (χ0n) is 25.0. The third kappa shape index (κ3) is 11.8. The van der Waals surface area contributed by atoms with E-state index in [0.717, 1.165) is 32.1 Å². The summed E-state index contributed by atoms with van der Waals surface area (Å²) in [5.74, 6) is -0.276. The first-order chi connectivity index (χ1) is 20.0. The van der Waals surface area contributed by atoms with Crippen LogP contribution >= 0.6 is 0 Å². The quantitative estimate of drug-likeness (QED) is 0.382. The topological polar surface area (TPSA) is 182 Å². The van der Waals surface area contributed by atoms with Crippen molar-refractivity contribution in [1.29, 1.82) is 0 Å². The molecule has 1 aliphatic carbocycles. The van der Waals surface area contributed by atoms with Crippen LogP contribution in [0.15, 0.2) is 4.42 Å². The Kier molecular flexibility index (Phi) is 12.7. The van der Waals surface area contributed by atoms with Crippen LogP contribution in [0.5, 0.6) is 0 Å². The molecule has 0 unspecified atom stereocenters. The minimum absolute atomic E-state index is 0.0677. The van der Waals surface area contributed by atoms with Gasteiger partial charge in [-0.2, -0.15) is 0 Å². The van der Waals surface area contributed by atoms with Crippen LogP contribution in [-0.4, -0.2) is 70.6 Å². The number of carbonyl (C=O) groups excluding carboxylic acids is 5. The molecule has 1 fully saturated rings. The molecule has 4 amide bonds. The van der Waals surface area contributed by atoms with Crippen molar-refractivity contribution in [3.8, 4) is 0 Å². The molecule has 13 nitrogen and oxygen atoms in total. The van der Waals surface area contributed by atoms with Gasteiger partial charge in [0.1, 0.15) is 24.0 Å². The van der Waals surface area contributed by atoms with Gasteiger partial charge in [0.05, 0.1) is 6.04 Å². The maximum absolute atomic E-state index is 13.6. The number of hydrogen-bond acceptors (Lipinski definition) is 9. The van der Waals surface area contributed by atoms with E-state index in [0.29, 0.717) is 50.3 Å². The monoisotopic (exact) mass is 590 g/mol. The van der Waals surface area contributed by atoms with E-state index in [-0.39, 0.29) is 37.5 Å². The summed E-state index contributed by atoms with van der Waals surface area (Å²) < 4.78 is 11.1. The van der Waals surface area contributed by atoms with E-state index >= 15 is 0 Å². The number of carbonyl (C=O) groups is 5. The van der Waals surface area contributed by atoms with Crippen molar-refractivity contribution in [3.05, 3.63) is 11.8 Å². The number of ether oxygens (including phenoxy) is 1. The average molecular weight is 591 g/mol. The van der Waals surface area contributed by atoms with E-state index in [9.17, 15) is 24.0 Å². The van der Waals surface area contributed by atoms with Gasteiger partial charge in [0.25, 0.3) is 0 Å². The van der Waals surface area contributed by atoms with E-state index in [2.05, 4.69) is 31.5 Å². The van der Waals surface area contributed by atoms with Crippen molar-refractivity contribution in [2.75, 3.05) is 6.54 Å². The highest BCUT2D eigenvalue weighted by Crippen LogP contribution is 2.27. The molecule has 0 radical (unpaired) electrons. The van der Waals surface area contributed by atoms with Crippen LogP contribution in [0.2, 0.25) is 0 Å². The number of aromatic nitrogens is 2. The van der Waals surface area contributed by atoms with Crippen molar-refractivity contribution in [1.82, 2.24) is 31.5 Å². The Morgan fingerprint density at radius 3 is 2.33 bits per heavy atom. The van der Waals surface area contributed by atoms with Gasteiger partial charge < -0.3 is 35.2 Å². The van der Waals surface area contributed by atoms with Crippen molar-refractivity contribution in [3.63, 3.8) is 0 Å². The molecule has 4 N–H and O–H groups in total. The zero-order chi connectivity index (χ0) is 30.5. The van der Waals surface area contributed by atoms with Gasteiger partial charge >= 0.3 is 6.09 Å². The number of nitrogens with zero attached hydrogens (tertiary/aromatic N) is 2. The molecule has 0 spiro atoms. The van der Waals surface area contributed by atoms with Gasteiger partial charge in [-0.3, -0.25) is 14.4 Å². The van der Waals surface area contributed by atoms with Crippen LogP contribution < -0.4 is 21.3 Å². The highest BCUT2D eigenvalue weighted by Gasteiger charge is 2.31. The first kappa shape index (κ1) is 33.0. The van der Waals surface area contributed by atoms with E-state index in [1.165, 1.54) is 0 Å². The van der Waals surface area contributed by atoms with Crippen molar-refractivity contribution < 1.29 is 33.1 Å². The Balaban J connectivity index is 1.83. The molecule has 234 valence electrons. The van der Waals surface area contributed by atoms with Gasteiger partial charge in [-0.1, -0.05) is 32.1 Å². The van der Waals surface area contributed by atoms with Gasteiger partial charge in [-0.15, -0.1) is 10.2 Å². The SMILES string of the molecule is CC(C)(C)OC(=O)N[C@H]1CCc2nnc(o2)CCCCNC(=O)CC[C@@H](C=O)NC(=O)[C@H](CC2CCCCC2)NC1=O. The standard InChI is InChI=1S/C29H46N6O7/c1-29(2,3)42-28(40)33-21-13-15-25-35-34-24(41-25)11-7-8-16-30-23(37)14-12-20(18-36)31-27(39)22(32-26(21)38)17-19-9-5-4-6-10-19/h18-22H,4-17H2,1-3H3,(H,30,37)(H,31,39)(H,32,38)(H,33,40)/t20-,21-,22-/m0/s1. The first-order valence-electron chi connectivity index (χ1n) is 15.2. The number of hydrogen-bond donors (Lipinski definition) is 4. The summed E-state index contributed by atoms with van der Waals surface area (Å²) >= 11 is 0. The van der Waals surface area contributed by atoms with Gasteiger partial charge in [-0.25, -0.2) is 4.79 Å². The third-order valence-corrected chi connectivity index (χ3v) is 7.40. The summed E-state index contributed by atoms with van der Waals surface area (Å²) in [7, 11) is 0. The minimum atomic E-state index is -1.05. The fourth-order valence-electron chi connectivity index (χ4n) is 5.20. The van der Waals surface area contributed by atoms with Crippen LogP contribution in [0.1, 0.15) is 103 Å². The predicted octanol–water partition coefficient (Wildman–Crippen LogP) is 2.27. The number of fused-ring (bicyclic) bond motifs is 2. The molecule has 1 aromatic heterocycles. The Morgan fingerprint density at radius 2 is 1.64 bits per heavy atom. The summed E-state index contributed by atoms with van der Waals surface area (Å²) in [5.41, 5.74) is -0.779. The molecule has 3 rings (SSSR count). The lowest BCUT2D eigenvalue weighted by Crippen LogP contribution is -2.56. The Morgan fingerprint density at radius 1 is 0.929 bits per heavy atom. The van der Waals surface area contributed by atoms with Crippen LogP contribution in [-0.2, 0) is 36.8 Å². The number of nitrogens with one attached hydrogen (secondary N) is 4. The lowest BCUT2D eigenvalue weighted by atomic mass is 9.84. The Bertz CT molecular complexity index is 1060. The Hall–Kier alpha value is -3.51. The molecule has 0 aromatic carbocycles. The van der Waals surface area contributed by atoms with Gasteiger partial charge in [0, 0.05) is 25.8 Å². The lowest BCUT2D eigenvalue weighted by Gasteiger charge is -2.29. The summed E-state index contributed by atoms with van der Waals surface area (Å²) in [5, 5.41) is 19.1. The maximum Gasteiger partial charge on any atom is 0.408 e. The third-order valence-electron chi connectivity index (χ3n) is 7.40. The molecule has 13 heteroatoms. The van der Waals surface area contributed by atoms with Crippen LogP contribution in [0, 0.1) is 5.92 Å². The second-order valence-electron chi connectivity index (χ2n) is 12.2. The fourth-order valence-corrected chi connectivity index (χ4v) is 5.20. The van der Waals surface area contributed by atoms with Gasteiger partial charge in [0.2, 0.25) is 29.5 Å². The molecule has 1 aromatic rings. The van der Waals surface area contributed by atoms with Gasteiger partial charge in [-0.05, 0) is 58.8 Å². The summed E-state index contributed by atoms with van der Waals surface area (Å²) in [6, 6.07) is -2.85. The number of aldehydes is 1. The molecular weight excluding hydrogens is 544 g/mol. The molecule has 42 heavy (non-hydrogen) atoms. The molecule has 2 heterocycles. The van der Waals surface area contributed by atoms with E-state index < -0.39 is 41.6 Å². The number of rotatable bonds is 4. The van der Waals surface area contributed by atoms with Crippen LogP contribution in [0.25, 0.3) is 0 Å². The molecular formula is C29H46N6O7. The molecule has 1 aliphatic heterocycles. The number of aryl methyl sites for hydroxylation is 2. The van der Waals surface area contributed by atoms with Crippen LogP contribution in [0.3, 0.4) is 0 Å². The smallest absolute Gasteiger partial charge is 0.408 e. The molecule has 2 bridgehead atoms.